The van der Waals surface area contributed by atoms with Crippen LogP contribution in [0.5, 0.6) is 0 Å². The maximum absolute atomic E-state index is 11.7. The molecule has 3 heteroatoms. The Morgan fingerprint density at radius 2 is 2.36 bits per heavy atom. The third-order valence-electron chi connectivity index (χ3n) is 2.31. The first-order valence-corrected chi connectivity index (χ1v) is 5.16. The molecule has 0 bridgehead atoms. The highest BCUT2D eigenvalue weighted by molar-refractivity contribution is 5.94. The molecule has 1 heterocycles. The van der Waals surface area contributed by atoms with Crippen molar-refractivity contribution in [1.82, 2.24) is 9.78 Å². The molecule has 1 aromatic rings. The molecule has 0 saturated carbocycles. The Bertz CT molecular complexity index is 304. The van der Waals surface area contributed by atoms with E-state index in [9.17, 15) is 4.79 Å². The van der Waals surface area contributed by atoms with Gasteiger partial charge in [-0.05, 0) is 12.0 Å². The van der Waals surface area contributed by atoms with E-state index < -0.39 is 0 Å². The number of nitrogens with zero attached hydrogens (tertiary/aromatic N) is 2. The average molecular weight is 194 g/mol. The molecule has 3 nitrogen and oxygen atoms in total. The second-order valence-corrected chi connectivity index (χ2v) is 3.90. The summed E-state index contributed by atoms with van der Waals surface area (Å²) in [6.45, 7) is 4.26. The van der Waals surface area contributed by atoms with Gasteiger partial charge in [-0.25, -0.2) is 0 Å². The fraction of sp³-hybridized carbons (Fsp3) is 0.636. The normalized spacial score (nSPS) is 12.8. The Morgan fingerprint density at radius 3 is 2.86 bits per heavy atom. The van der Waals surface area contributed by atoms with Gasteiger partial charge in [-0.1, -0.05) is 26.7 Å². The number of aromatic nitrogens is 2. The number of carbonyl (C=O) groups is 1. The van der Waals surface area contributed by atoms with Gasteiger partial charge in [-0.15, -0.1) is 0 Å². The van der Waals surface area contributed by atoms with Crippen molar-refractivity contribution in [3.63, 3.8) is 0 Å². The Balaban J connectivity index is 2.50. The molecule has 0 fully saturated rings. The predicted octanol–water partition coefficient (Wildman–Crippen LogP) is 2.43. The van der Waals surface area contributed by atoms with E-state index in [1.54, 1.807) is 16.9 Å². The first-order valence-electron chi connectivity index (χ1n) is 5.16. The minimum Gasteiger partial charge on any atom is -0.292 e. The summed E-state index contributed by atoms with van der Waals surface area (Å²) in [6.07, 6.45) is 4.66. The Labute approximate surface area is 85.1 Å². The number of ketones is 1. The molecular formula is C11H18N2O. The number of hydrogen-bond donors (Lipinski definition) is 0. The van der Waals surface area contributed by atoms with E-state index in [2.05, 4.69) is 18.9 Å². The van der Waals surface area contributed by atoms with Crippen LogP contribution in [0.25, 0.3) is 0 Å². The second-order valence-electron chi connectivity index (χ2n) is 3.90. The fourth-order valence-corrected chi connectivity index (χ4v) is 1.58. The van der Waals surface area contributed by atoms with Crippen LogP contribution >= 0.6 is 0 Å². The quantitative estimate of drug-likeness (QED) is 0.675. The lowest BCUT2D eigenvalue weighted by Gasteiger charge is -2.06. The summed E-state index contributed by atoms with van der Waals surface area (Å²) in [5.41, 5.74) is 0.593. The molecule has 0 N–H and O–H groups in total. The molecule has 0 saturated heterocycles. The molecule has 0 amide bonds. The van der Waals surface area contributed by atoms with Gasteiger partial charge in [0.25, 0.3) is 0 Å². The first kappa shape index (κ1) is 11.0. The molecule has 14 heavy (non-hydrogen) atoms. The molecule has 0 spiro atoms. The summed E-state index contributed by atoms with van der Waals surface area (Å²) in [6, 6.07) is 1.78. The van der Waals surface area contributed by atoms with E-state index in [1.165, 1.54) is 0 Å². The second kappa shape index (κ2) is 4.94. The largest absolute Gasteiger partial charge is 0.292 e. The lowest BCUT2D eigenvalue weighted by atomic mass is 9.98. The molecule has 0 aliphatic rings. The molecule has 1 rings (SSSR count). The Kier molecular flexibility index (Phi) is 3.86. The third-order valence-corrected chi connectivity index (χ3v) is 2.31. The molecular weight excluding hydrogens is 176 g/mol. The van der Waals surface area contributed by atoms with Crippen molar-refractivity contribution in [3.05, 3.63) is 18.0 Å². The molecule has 1 aromatic heterocycles. The molecule has 1 unspecified atom stereocenters. The van der Waals surface area contributed by atoms with Crippen molar-refractivity contribution in [1.29, 1.82) is 0 Å². The maximum Gasteiger partial charge on any atom is 0.183 e. The lowest BCUT2D eigenvalue weighted by molar-refractivity contribution is 0.0957. The van der Waals surface area contributed by atoms with Gasteiger partial charge < -0.3 is 0 Å². The average Bonchev–Trinajstić information content (AvgIpc) is 2.52. The van der Waals surface area contributed by atoms with Crippen LogP contribution in [0.1, 0.15) is 43.6 Å². The van der Waals surface area contributed by atoms with Crippen molar-refractivity contribution >= 4 is 5.78 Å². The highest BCUT2D eigenvalue weighted by atomic mass is 16.1. The zero-order chi connectivity index (χ0) is 10.6. The third kappa shape index (κ3) is 2.98. The zero-order valence-electron chi connectivity index (χ0n) is 9.16. The molecule has 0 aliphatic carbocycles. The lowest BCUT2D eigenvalue weighted by Crippen LogP contribution is -2.07. The standard InChI is InChI=1S/C11H18N2O/c1-4-5-9(2)8-11(14)10-6-7-13(3)12-10/h6-7,9H,4-5,8H2,1-3H3. The van der Waals surface area contributed by atoms with Crippen LogP contribution in [0.15, 0.2) is 12.3 Å². The molecule has 0 radical (unpaired) electrons. The zero-order valence-corrected chi connectivity index (χ0v) is 9.16. The molecule has 1 atom stereocenters. The van der Waals surface area contributed by atoms with E-state index >= 15 is 0 Å². The highest BCUT2D eigenvalue weighted by Crippen LogP contribution is 2.13. The number of hydrogen-bond acceptors (Lipinski definition) is 2. The van der Waals surface area contributed by atoms with E-state index in [0.717, 1.165) is 12.8 Å². The van der Waals surface area contributed by atoms with Crippen molar-refractivity contribution < 1.29 is 4.79 Å². The minimum atomic E-state index is 0.159. The Hall–Kier alpha value is -1.12. The van der Waals surface area contributed by atoms with Gasteiger partial charge in [0.2, 0.25) is 0 Å². The maximum atomic E-state index is 11.7. The summed E-state index contributed by atoms with van der Waals surface area (Å²) in [4.78, 5) is 11.7. The van der Waals surface area contributed by atoms with Gasteiger partial charge >= 0.3 is 0 Å². The molecule has 0 aromatic carbocycles. The van der Waals surface area contributed by atoms with Crippen LogP contribution in [-0.2, 0) is 7.05 Å². The minimum absolute atomic E-state index is 0.159. The summed E-state index contributed by atoms with van der Waals surface area (Å²) < 4.78 is 1.66. The van der Waals surface area contributed by atoms with Gasteiger partial charge in [-0.2, -0.15) is 5.10 Å². The monoisotopic (exact) mass is 194 g/mol. The molecule has 78 valence electrons. The summed E-state index contributed by atoms with van der Waals surface area (Å²) >= 11 is 0. The number of carbonyl (C=O) groups excluding carboxylic acids is 1. The van der Waals surface area contributed by atoms with Gasteiger partial charge in [0.05, 0.1) is 0 Å². The van der Waals surface area contributed by atoms with Crippen molar-refractivity contribution in [3.8, 4) is 0 Å². The number of Topliss-reactive ketones (excluding diaryl/α,β-unsaturated/α-hetero) is 1. The van der Waals surface area contributed by atoms with E-state index in [4.69, 9.17) is 0 Å². The van der Waals surface area contributed by atoms with Crippen molar-refractivity contribution in [2.24, 2.45) is 13.0 Å². The number of aryl methyl sites for hydroxylation is 1. The van der Waals surface area contributed by atoms with Gasteiger partial charge in [-0.3, -0.25) is 9.48 Å². The highest BCUT2D eigenvalue weighted by Gasteiger charge is 2.12. The van der Waals surface area contributed by atoms with E-state index in [1.807, 2.05) is 7.05 Å². The summed E-state index contributed by atoms with van der Waals surface area (Å²) in [5, 5.41) is 4.09. The van der Waals surface area contributed by atoms with Gasteiger partial charge in [0, 0.05) is 19.7 Å². The number of rotatable bonds is 5. The predicted molar refractivity (Wildman–Crippen MR) is 56.2 cm³/mol. The van der Waals surface area contributed by atoms with Crippen molar-refractivity contribution in [2.45, 2.75) is 33.1 Å². The topological polar surface area (TPSA) is 34.9 Å². The molecule has 0 aliphatic heterocycles. The van der Waals surface area contributed by atoms with Crippen LogP contribution in [0.3, 0.4) is 0 Å². The van der Waals surface area contributed by atoms with Crippen LogP contribution in [0.2, 0.25) is 0 Å². The van der Waals surface area contributed by atoms with Gasteiger partial charge in [0.15, 0.2) is 5.78 Å². The SMILES string of the molecule is CCCC(C)CC(=O)c1ccn(C)n1. The summed E-state index contributed by atoms with van der Waals surface area (Å²) in [7, 11) is 1.83. The smallest absolute Gasteiger partial charge is 0.183 e. The van der Waals surface area contributed by atoms with Crippen molar-refractivity contribution in [2.75, 3.05) is 0 Å². The van der Waals surface area contributed by atoms with E-state index in [0.29, 0.717) is 18.0 Å². The van der Waals surface area contributed by atoms with Crippen LogP contribution in [-0.4, -0.2) is 15.6 Å². The van der Waals surface area contributed by atoms with Crippen LogP contribution in [0.4, 0.5) is 0 Å². The van der Waals surface area contributed by atoms with Crippen LogP contribution < -0.4 is 0 Å². The summed E-state index contributed by atoms with van der Waals surface area (Å²) in [5.74, 6) is 0.626. The van der Waals surface area contributed by atoms with Crippen LogP contribution in [0, 0.1) is 5.92 Å². The first-order chi connectivity index (χ1) is 6.63. The van der Waals surface area contributed by atoms with Gasteiger partial charge in [0.1, 0.15) is 5.69 Å². The van der Waals surface area contributed by atoms with E-state index in [-0.39, 0.29) is 5.78 Å². The Morgan fingerprint density at radius 1 is 1.64 bits per heavy atom. The fourth-order valence-electron chi connectivity index (χ4n) is 1.58.